The van der Waals surface area contributed by atoms with Crippen molar-refractivity contribution in [3.05, 3.63) is 46.1 Å². The summed E-state index contributed by atoms with van der Waals surface area (Å²) in [5.74, 6) is -0.440. The third-order valence-electron chi connectivity index (χ3n) is 4.07. The molecule has 3 N–H and O–H groups in total. The normalized spacial score (nSPS) is 11.2. The van der Waals surface area contributed by atoms with Crippen molar-refractivity contribution >= 4 is 32.7 Å². The minimum absolute atomic E-state index is 0.275. The van der Waals surface area contributed by atoms with Crippen LogP contribution >= 0.6 is 11.3 Å². The minimum Gasteiger partial charge on any atom is -0.338 e. The number of likely N-dealkylation sites (N-methyl/N-ethyl adjacent to an activating group) is 1. The number of carbonyl (C=O) groups is 1. The molecule has 148 valence electrons. The Morgan fingerprint density at radius 2 is 2.07 bits per heavy atom. The number of fused-ring (bicyclic) bond motifs is 1. The zero-order chi connectivity index (χ0) is 20.3. The van der Waals surface area contributed by atoms with Crippen LogP contribution < -0.4 is 16.2 Å². The quantitative estimate of drug-likeness (QED) is 0.590. The van der Waals surface area contributed by atoms with Crippen molar-refractivity contribution in [2.24, 2.45) is 0 Å². The molecule has 7 nitrogen and oxygen atoms in total. The van der Waals surface area contributed by atoms with E-state index in [2.05, 4.69) is 20.6 Å². The molecule has 0 aliphatic rings. The highest BCUT2D eigenvalue weighted by molar-refractivity contribution is 7.22. The first-order chi connectivity index (χ1) is 13.4. The third-order valence-corrected chi connectivity index (χ3v) is 5.01. The van der Waals surface area contributed by atoms with E-state index in [1.807, 2.05) is 25.9 Å². The number of hydrogen-bond donors (Lipinski definition) is 3. The van der Waals surface area contributed by atoms with E-state index in [9.17, 15) is 14.0 Å². The van der Waals surface area contributed by atoms with Crippen molar-refractivity contribution in [2.75, 3.05) is 32.5 Å². The van der Waals surface area contributed by atoms with Crippen LogP contribution in [0.15, 0.2) is 29.1 Å². The highest BCUT2D eigenvalue weighted by atomic mass is 32.1. The Labute approximate surface area is 165 Å². The molecule has 2 aromatic heterocycles. The first-order valence-corrected chi connectivity index (χ1v) is 9.70. The standard InChI is InChI=1S/C19H22FN5O2S/c1-4-21-18(27)24-19-23-15-9-13(14(20)10-16(15)28-19)11-7-12(5-6-25(2)3)22-17(26)8-11/h7-10H,4-6H2,1-3H3,(H,22,26)(H2,21,23,24,27). The molecule has 2 heterocycles. The Hall–Kier alpha value is -2.78. The number of nitrogens with zero attached hydrogens (tertiary/aromatic N) is 2. The van der Waals surface area contributed by atoms with Crippen LogP contribution in [0.2, 0.25) is 0 Å². The summed E-state index contributed by atoms with van der Waals surface area (Å²) in [4.78, 5) is 32.8. The van der Waals surface area contributed by atoms with Gasteiger partial charge in [-0.05, 0) is 44.8 Å². The number of thiazole rings is 1. The van der Waals surface area contributed by atoms with Crippen LogP contribution in [-0.4, -0.2) is 48.1 Å². The zero-order valence-corrected chi connectivity index (χ0v) is 16.7. The number of aromatic nitrogens is 2. The Kier molecular flexibility index (Phi) is 6.05. The van der Waals surface area contributed by atoms with Gasteiger partial charge in [0.25, 0.3) is 0 Å². The molecule has 0 aliphatic carbocycles. The van der Waals surface area contributed by atoms with Gasteiger partial charge < -0.3 is 15.2 Å². The molecular weight excluding hydrogens is 381 g/mol. The fourth-order valence-electron chi connectivity index (χ4n) is 2.76. The number of aromatic amines is 1. The van der Waals surface area contributed by atoms with Gasteiger partial charge in [0.1, 0.15) is 5.82 Å². The van der Waals surface area contributed by atoms with Crippen LogP contribution in [0.4, 0.5) is 14.3 Å². The van der Waals surface area contributed by atoms with E-state index in [1.165, 1.54) is 23.5 Å². The summed E-state index contributed by atoms with van der Waals surface area (Å²) in [6.45, 7) is 3.07. The average molecular weight is 403 g/mol. The second kappa shape index (κ2) is 8.49. The van der Waals surface area contributed by atoms with Crippen molar-refractivity contribution < 1.29 is 9.18 Å². The van der Waals surface area contributed by atoms with Crippen LogP contribution in [-0.2, 0) is 6.42 Å². The molecule has 9 heteroatoms. The van der Waals surface area contributed by atoms with E-state index in [4.69, 9.17) is 0 Å². The number of benzene rings is 1. The number of urea groups is 1. The Morgan fingerprint density at radius 1 is 1.29 bits per heavy atom. The molecule has 3 rings (SSSR count). The van der Waals surface area contributed by atoms with Crippen LogP contribution in [0.5, 0.6) is 0 Å². The molecular formula is C19H22FN5O2S. The van der Waals surface area contributed by atoms with Crippen molar-refractivity contribution in [3.8, 4) is 11.1 Å². The van der Waals surface area contributed by atoms with Gasteiger partial charge in [0.05, 0.1) is 10.2 Å². The number of amides is 2. The summed E-state index contributed by atoms with van der Waals surface area (Å²) in [5.41, 5.74) is 1.83. The largest absolute Gasteiger partial charge is 0.338 e. The molecule has 0 radical (unpaired) electrons. The van der Waals surface area contributed by atoms with Crippen molar-refractivity contribution in [1.29, 1.82) is 0 Å². The number of anilines is 1. The zero-order valence-electron chi connectivity index (χ0n) is 15.9. The first kappa shape index (κ1) is 20.0. The fraction of sp³-hybridized carbons (Fsp3) is 0.316. The van der Waals surface area contributed by atoms with Gasteiger partial charge in [0.15, 0.2) is 5.13 Å². The van der Waals surface area contributed by atoms with Crippen LogP contribution in [0.1, 0.15) is 12.6 Å². The van der Waals surface area contributed by atoms with Gasteiger partial charge in [-0.25, -0.2) is 14.2 Å². The molecule has 0 saturated heterocycles. The maximum atomic E-state index is 14.7. The number of rotatable bonds is 6. The van der Waals surface area contributed by atoms with Gasteiger partial charge in [-0.3, -0.25) is 10.1 Å². The monoisotopic (exact) mass is 403 g/mol. The van der Waals surface area contributed by atoms with E-state index >= 15 is 0 Å². The summed E-state index contributed by atoms with van der Waals surface area (Å²) >= 11 is 1.19. The molecule has 28 heavy (non-hydrogen) atoms. The summed E-state index contributed by atoms with van der Waals surface area (Å²) < 4.78 is 15.4. The van der Waals surface area contributed by atoms with Gasteiger partial charge in [-0.15, -0.1) is 0 Å². The second-order valence-electron chi connectivity index (χ2n) is 6.62. The van der Waals surface area contributed by atoms with Gasteiger partial charge >= 0.3 is 6.03 Å². The van der Waals surface area contributed by atoms with E-state index in [1.54, 1.807) is 12.1 Å². The van der Waals surface area contributed by atoms with E-state index in [-0.39, 0.29) is 11.6 Å². The van der Waals surface area contributed by atoms with Crippen molar-refractivity contribution in [2.45, 2.75) is 13.3 Å². The van der Waals surface area contributed by atoms with Crippen molar-refractivity contribution in [3.63, 3.8) is 0 Å². The second-order valence-corrected chi connectivity index (χ2v) is 7.65. The SMILES string of the molecule is CCNC(=O)Nc1nc2cc(-c3cc(CCN(C)C)[nH]c(=O)c3)c(F)cc2s1. The molecule has 0 bridgehead atoms. The van der Waals surface area contributed by atoms with Gasteiger partial charge in [0.2, 0.25) is 5.56 Å². The molecule has 3 aromatic rings. The maximum Gasteiger partial charge on any atom is 0.321 e. The molecule has 0 atom stereocenters. The predicted molar refractivity (Wildman–Crippen MR) is 111 cm³/mol. The molecule has 2 amide bonds. The van der Waals surface area contributed by atoms with Crippen molar-refractivity contribution in [1.82, 2.24) is 20.2 Å². The Bertz CT molecular complexity index is 1060. The van der Waals surface area contributed by atoms with Gasteiger partial charge in [0, 0.05) is 36.8 Å². The predicted octanol–water partition coefficient (Wildman–Crippen LogP) is 3.04. The molecule has 0 fully saturated rings. The van der Waals surface area contributed by atoms with Gasteiger partial charge in [-0.1, -0.05) is 11.3 Å². The number of nitrogens with one attached hydrogen (secondary N) is 3. The summed E-state index contributed by atoms with van der Waals surface area (Å²) in [6.07, 6.45) is 0.650. The fourth-order valence-corrected chi connectivity index (χ4v) is 3.63. The molecule has 0 aliphatic heterocycles. The number of H-pyrrole nitrogens is 1. The molecule has 0 spiro atoms. The lowest BCUT2D eigenvalue weighted by atomic mass is 10.0. The molecule has 0 unspecified atom stereocenters. The topological polar surface area (TPSA) is 90.1 Å². The number of hydrogen-bond acceptors (Lipinski definition) is 5. The van der Waals surface area contributed by atoms with Crippen LogP contribution in [0.3, 0.4) is 0 Å². The first-order valence-electron chi connectivity index (χ1n) is 8.89. The van der Waals surface area contributed by atoms with E-state index in [0.29, 0.717) is 39.4 Å². The minimum atomic E-state index is -0.440. The lowest BCUT2D eigenvalue weighted by molar-refractivity contribution is 0.252. The smallest absolute Gasteiger partial charge is 0.321 e. The highest BCUT2D eigenvalue weighted by Crippen LogP contribution is 2.32. The molecule has 1 aromatic carbocycles. The maximum absolute atomic E-state index is 14.7. The van der Waals surface area contributed by atoms with E-state index in [0.717, 1.165) is 12.2 Å². The number of pyridine rings is 1. The lowest BCUT2D eigenvalue weighted by Crippen LogP contribution is -2.28. The highest BCUT2D eigenvalue weighted by Gasteiger charge is 2.14. The summed E-state index contributed by atoms with van der Waals surface area (Å²) in [7, 11) is 3.90. The Morgan fingerprint density at radius 3 is 2.79 bits per heavy atom. The third kappa shape index (κ3) is 4.73. The van der Waals surface area contributed by atoms with E-state index < -0.39 is 5.82 Å². The number of carbonyl (C=O) groups excluding carboxylic acids is 1. The average Bonchev–Trinajstić information content (AvgIpc) is 2.99. The number of halogens is 1. The summed E-state index contributed by atoms with van der Waals surface area (Å²) in [6, 6.07) is 5.79. The van der Waals surface area contributed by atoms with Crippen LogP contribution in [0.25, 0.3) is 21.3 Å². The Balaban J connectivity index is 1.95. The lowest BCUT2D eigenvalue weighted by Gasteiger charge is -2.10. The summed E-state index contributed by atoms with van der Waals surface area (Å²) in [5, 5.41) is 5.64. The van der Waals surface area contributed by atoms with Gasteiger partial charge in [-0.2, -0.15) is 0 Å². The van der Waals surface area contributed by atoms with Crippen LogP contribution in [0, 0.1) is 5.82 Å². The molecule has 0 saturated carbocycles.